The summed E-state index contributed by atoms with van der Waals surface area (Å²) in [5, 5.41) is 15.0. The van der Waals surface area contributed by atoms with E-state index in [4.69, 9.17) is 5.26 Å². The Bertz CT molecular complexity index is 709. The van der Waals surface area contributed by atoms with Crippen LogP contribution in [-0.2, 0) is 0 Å². The maximum Gasteiger partial charge on any atom is 0.259 e. The molecule has 106 valence electrons. The van der Waals surface area contributed by atoms with Crippen LogP contribution in [-0.4, -0.2) is 17.4 Å². The van der Waals surface area contributed by atoms with Crippen LogP contribution >= 0.6 is 15.9 Å². The monoisotopic (exact) mass is 344 g/mol. The number of benzene rings is 1. The second kappa shape index (κ2) is 6.86. The first-order chi connectivity index (χ1) is 10.2. The maximum absolute atomic E-state index is 12.4. The number of anilines is 2. The molecule has 0 radical (unpaired) electrons. The molecule has 0 fully saturated rings. The molecule has 2 rings (SSSR count). The highest BCUT2D eigenvalue weighted by atomic mass is 79.9. The minimum absolute atomic E-state index is 0.308. The highest BCUT2D eigenvalue weighted by Gasteiger charge is 2.13. The van der Waals surface area contributed by atoms with E-state index in [0.717, 1.165) is 4.47 Å². The SMILES string of the molecule is CCNc1ccncc1C(=O)Nc1ccc(Br)cc1C#N. The van der Waals surface area contributed by atoms with Crippen LogP contribution in [0.25, 0.3) is 0 Å². The molecule has 0 bridgehead atoms. The van der Waals surface area contributed by atoms with Gasteiger partial charge in [-0.15, -0.1) is 0 Å². The Morgan fingerprint density at radius 2 is 2.19 bits per heavy atom. The number of rotatable bonds is 4. The normalized spacial score (nSPS) is 9.76. The molecule has 1 aromatic heterocycles. The molecular formula is C15H13BrN4O. The Morgan fingerprint density at radius 1 is 1.38 bits per heavy atom. The highest BCUT2D eigenvalue weighted by molar-refractivity contribution is 9.10. The zero-order valence-corrected chi connectivity index (χ0v) is 12.9. The van der Waals surface area contributed by atoms with Crippen molar-refractivity contribution in [1.29, 1.82) is 5.26 Å². The Labute approximate surface area is 131 Å². The highest BCUT2D eigenvalue weighted by Crippen LogP contribution is 2.22. The molecule has 0 saturated heterocycles. The minimum atomic E-state index is -0.308. The average molecular weight is 345 g/mol. The van der Waals surface area contributed by atoms with Crippen LogP contribution in [0.1, 0.15) is 22.8 Å². The Morgan fingerprint density at radius 3 is 2.90 bits per heavy atom. The summed E-state index contributed by atoms with van der Waals surface area (Å²) < 4.78 is 0.784. The van der Waals surface area contributed by atoms with Crippen LogP contribution < -0.4 is 10.6 Å². The number of nitriles is 1. The molecule has 1 aromatic carbocycles. The lowest BCUT2D eigenvalue weighted by Crippen LogP contribution is -2.15. The molecule has 2 aromatic rings. The van der Waals surface area contributed by atoms with Gasteiger partial charge in [-0.05, 0) is 31.2 Å². The molecule has 1 heterocycles. The largest absolute Gasteiger partial charge is 0.385 e. The number of hydrogen-bond acceptors (Lipinski definition) is 4. The van der Waals surface area contributed by atoms with Gasteiger partial charge < -0.3 is 10.6 Å². The van der Waals surface area contributed by atoms with E-state index in [1.165, 1.54) is 6.20 Å². The molecular weight excluding hydrogens is 332 g/mol. The van der Waals surface area contributed by atoms with Gasteiger partial charge in [0.2, 0.25) is 0 Å². The van der Waals surface area contributed by atoms with Gasteiger partial charge in [0.1, 0.15) is 6.07 Å². The predicted octanol–water partition coefficient (Wildman–Crippen LogP) is 3.40. The van der Waals surface area contributed by atoms with Crippen LogP contribution in [0.15, 0.2) is 41.1 Å². The Kier molecular flexibility index (Phi) is 4.90. The van der Waals surface area contributed by atoms with Gasteiger partial charge in [0.05, 0.1) is 22.5 Å². The quantitative estimate of drug-likeness (QED) is 0.890. The van der Waals surface area contributed by atoms with Gasteiger partial charge in [-0.1, -0.05) is 15.9 Å². The van der Waals surface area contributed by atoms with E-state index in [1.807, 2.05) is 6.92 Å². The summed E-state index contributed by atoms with van der Waals surface area (Å²) in [6.07, 6.45) is 3.12. The lowest BCUT2D eigenvalue weighted by molar-refractivity contribution is 0.102. The second-order valence-corrected chi connectivity index (χ2v) is 5.12. The molecule has 0 spiro atoms. The van der Waals surface area contributed by atoms with Gasteiger partial charge in [-0.25, -0.2) is 0 Å². The summed E-state index contributed by atoms with van der Waals surface area (Å²) in [7, 11) is 0. The summed E-state index contributed by atoms with van der Waals surface area (Å²) in [5.41, 5.74) is 2.01. The first-order valence-corrected chi connectivity index (χ1v) is 7.14. The third kappa shape index (κ3) is 3.58. The van der Waals surface area contributed by atoms with Crippen molar-refractivity contribution in [2.75, 3.05) is 17.2 Å². The van der Waals surface area contributed by atoms with Crippen LogP contribution in [0, 0.1) is 11.3 Å². The lowest BCUT2D eigenvalue weighted by Gasteiger charge is -2.11. The summed E-state index contributed by atoms with van der Waals surface area (Å²) in [6, 6.07) is 8.91. The maximum atomic E-state index is 12.4. The first kappa shape index (κ1) is 15.0. The fourth-order valence-corrected chi connectivity index (χ4v) is 2.19. The Balaban J connectivity index is 2.29. The number of aromatic nitrogens is 1. The zero-order valence-electron chi connectivity index (χ0n) is 11.4. The fourth-order valence-electron chi connectivity index (χ4n) is 1.83. The molecule has 1 amide bonds. The van der Waals surface area contributed by atoms with Crippen molar-refractivity contribution < 1.29 is 4.79 Å². The molecule has 0 unspecified atom stereocenters. The van der Waals surface area contributed by atoms with E-state index >= 15 is 0 Å². The van der Waals surface area contributed by atoms with Crippen LogP contribution in [0.3, 0.4) is 0 Å². The molecule has 0 aliphatic heterocycles. The number of pyridine rings is 1. The van der Waals surface area contributed by atoms with E-state index in [0.29, 0.717) is 29.0 Å². The second-order valence-electron chi connectivity index (χ2n) is 4.21. The standard InChI is InChI=1S/C15H13BrN4O/c1-2-19-14-5-6-18-9-12(14)15(21)20-13-4-3-11(16)7-10(13)8-17/h3-7,9H,2H2,1H3,(H,18,19)(H,20,21). The van der Waals surface area contributed by atoms with Gasteiger partial charge in [-0.2, -0.15) is 5.26 Å². The van der Waals surface area contributed by atoms with Crippen molar-refractivity contribution in [3.8, 4) is 6.07 Å². The van der Waals surface area contributed by atoms with Crippen molar-refractivity contribution >= 4 is 33.2 Å². The van der Waals surface area contributed by atoms with Gasteiger partial charge in [-0.3, -0.25) is 9.78 Å². The number of nitrogens with zero attached hydrogens (tertiary/aromatic N) is 2. The summed E-state index contributed by atoms with van der Waals surface area (Å²) in [6.45, 7) is 2.65. The number of halogens is 1. The number of carbonyl (C=O) groups excluding carboxylic acids is 1. The number of nitrogens with one attached hydrogen (secondary N) is 2. The third-order valence-corrected chi connectivity index (χ3v) is 3.28. The molecule has 0 saturated carbocycles. The van der Waals surface area contributed by atoms with Crippen molar-refractivity contribution in [3.63, 3.8) is 0 Å². The van der Waals surface area contributed by atoms with E-state index in [-0.39, 0.29) is 5.91 Å². The molecule has 5 nitrogen and oxygen atoms in total. The molecule has 0 atom stereocenters. The molecule has 2 N–H and O–H groups in total. The summed E-state index contributed by atoms with van der Waals surface area (Å²) in [4.78, 5) is 16.3. The molecule has 6 heteroatoms. The van der Waals surface area contributed by atoms with E-state index in [9.17, 15) is 4.79 Å². The van der Waals surface area contributed by atoms with E-state index < -0.39 is 0 Å². The average Bonchev–Trinajstić information content (AvgIpc) is 2.49. The smallest absolute Gasteiger partial charge is 0.259 e. The first-order valence-electron chi connectivity index (χ1n) is 6.34. The van der Waals surface area contributed by atoms with Gasteiger partial charge in [0.25, 0.3) is 5.91 Å². The summed E-state index contributed by atoms with van der Waals surface area (Å²) in [5.74, 6) is -0.308. The van der Waals surface area contributed by atoms with E-state index in [1.54, 1.807) is 30.5 Å². The van der Waals surface area contributed by atoms with Crippen LogP contribution in [0.4, 0.5) is 11.4 Å². The summed E-state index contributed by atoms with van der Waals surface area (Å²) >= 11 is 3.30. The number of carbonyl (C=O) groups is 1. The predicted molar refractivity (Wildman–Crippen MR) is 85.2 cm³/mol. The van der Waals surface area contributed by atoms with Gasteiger partial charge >= 0.3 is 0 Å². The lowest BCUT2D eigenvalue weighted by atomic mass is 10.1. The third-order valence-electron chi connectivity index (χ3n) is 2.78. The van der Waals surface area contributed by atoms with E-state index in [2.05, 4.69) is 37.6 Å². The number of hydrogen-bond donors (Lipinski definition) is 2. The van der Waals surface area contributed by atoms with Gasteiger partial charge in [0, 0.05) is 23.4 Å². The van der Waals surface area contributed by atoms with Crippen LogP contribution in [0.5, 0.6) is 0 Å². The van der Waals surface area contributed by atoms with Gasteiger partial charge in [0.15, 0.2) is 0 Å². The van der Waals surface area contributed by atoms with Crippen molar-refractivity contribution in [2.24, 2.45) is 0 Å². The Hall–Kier alpha value is -2.39. The van der Waals surface area contributed by atoms with Crippen LogP contribution in [0.2, 0.25) is 0 Å². The molecule has 0 aliphatic rings. The fraction of sp³-hybridized carbons (Fsp3) is 0.133. The van der Waals surface area contributed by atoms with Crippen molar-refractivity contribution in [2.45, 2.75) is 6.92 Å². The van der Waals surface area contributed by atoms with Crippen molar-refractivity contribution in [1.82, 2.24) is 4.98 Å². The molecule has 21 heavy (non-hydrogen) atoms. The van der Waals surface area contributed by atoms with Crippen molar-refractivity contribution in [3.05, 3.63) is 52.3 Å². The zero-order chi connectivity index (χ0) is 15.2. The molecule has 0 aliphatic carbocycles. The topological polar surface area (TPSA) is 77.8 Å². The number of amides is 1. The minimum Gasteiger partial charge on any atom is -0.385 e.